The van der Waals surface area contributed by atoms with E-state index in [2.05, 4.69) is 29.0 Å². The average Bonchev–Trinajstić information content (AvgIpc) is 3.31. The Kier molecular flexibility index (Phi) is 4.44. The molecule has 1 aromatic carbocycles. The number of hydrogen-bond acceptors (Lipinski definition) is 4. The van der Waals surface area contributed by atoms with Gasteiger partial charge in [-0.25, -0.2) is 4.98 Å². The topological polar surface area (TPSA) is 75.0 Å². The lowest BCUT2D eigenvalue weighted by Gasteiger charge is -2.21. The van der Waals surface area contributed by atoms with Crippen molar-refractivity contribution < 1.29 is 9.32 Å². The highest BCUT2D eigenvalue weighted by molar-refractivity contribution is 6.31. The van der Waals surface area contributed by atoms with Crippen molar-refractivity contribution in [3.05, 3.63) is 46.6 Å². The molecule has 0 saturated carbocycles. The number of aromatic amines is 1. The van der Waals surface area contributed by atoms with Crippen molar-refractivity contribution in [2.75, 3.05) is 6.54 Å². The molecular weight excluding hydrogens is 352 g/mol. The molecule has 3 heterocycles. The van der Waals surface area contributed by atoms with Crippen molar-refractivity contribution in [1.29, 1.82) is 0 Å². The highest BCUT2D eigenvalue weighted by Gasteiger charge is 2.34. The fourth-order valence-corrected chi connectivity index (χ4v) is 3.69. The third kappa shape index (κ3) is 3.21. The molecule has 7 heteroatoms. The third-order valence-corrected chi connectivity index (χ3v) is 4.91. The zero-order valence-electron chi connectivity index (χ0n) is 14.8. The van der Waals surface area contributed by atoms with Crippen LogP contribution in [0, 0.1) is 5.92 Å². The second-order valence-electron chi connectivity index (χ2n) is 7.22. The highest BCUT2D eigenvalue weighted by Crippen LogP contribution is 2.33. The first-order chi connectivity index (χ1) is 12.5. The van der Waals surface area contributed by atoms with Crippen LogP contribution in [0.5, 0.6) is 0 Å². The Balaban J connectivity index is 1.59. The number of aromatic nitrogens is 3. The number of likely N-dealkylation sites (tertiary alicyclic amines) is 1. The second-order valence-corrected chi connectivity index (χ2v) is 7.66. The lowest BCUT2D eigenvalue weighted by atomic mass is 10.1. The van der Waals surface area contributed by atoms with Gasteiger partial charge in [-0.05, 0) is 43.4 Å². The molecule has 1 fully saturated rings. The van der Waals surface area contributed by atoms with Gasteiger partial charge < -0.3 is 14.4 Å². The van der Waals surface area contributed by atoms with Gasteiger partial charge in [-0.3, -0.25) is 4.79 Å². The van der Waals surface area contributed by atoms with Gasteiger partial charge in [0.2, 0.25) is 5.76 Å². The maximum Gasteiger partial charge on any atom is 0.293 e. The molecule has 0 radical (unpaired) electrons. The van der Waals surface area contributed by atoms with Gasteiger partial charge in [0.05, 0.1) is 22.8 Å². The number of benzene rings is 1. The highest BCUT2D eigenvalue weighted by atomic mass is 35.5. The molecule has 1 atom stereocenters. The average molecular weight is 373 g/mol. The maximum absolute atomic E-state index is 12.9. The van der Waals surface area contributed by atoms with Crippen LogP contribution in [0.15, 0.2) is 28.8 Å². The van der Waals surface area contributed by atoms with Crippen LogP contribution in [0.3, 0.4) is 0 Å². The van der Waals surface area contributed by atoms with E-state index in [9.17, 15) is 4.79 Å². The Bertz CT molecular complexity index is 946. The van der Waals surface area contributed by atoms with Crippen LogP contribution in [0.4, 0.5) is 0 Å². The molecule has 0 aliphatic carbocycles. The largest absolute Gasteiger partial charge is 0.351 e. The number of hydrogen-bond donors (Lipinski definition) is 1. The van der Waals surface area contributed by atoms with Crippen molar-refractivity contribution in [2.45, 2.75) is 39.2 Å². The SMILES string of the molecule is CC(C)Cc1cc(C(=O)N2CCC[C@@H]2c2nc3ccc(Cl)cc3[nH]2)on1. The minimum absolute atomic E-state index is 0.0904. The molecular formula is C19H21ClN4O2. The van der Waals surface area contributed by atoms with E-state index in [1.807, 2.05) is 23.1 Å². The standard InChI is InChI=1S/C19H21ClN4O2/c1-11(2)8-13-10-17(26-23-13)19(25)24-7-3-4-16(24)18-21-14-6-5-12(20)9-15(14)22-18/h5-6,9-11,16H,3-4,7-8H2,1-2H3,(H,21,22)/t16-/m1/s1. The van der Waals surface area contributed by atoms with Crippen molar-refractivity contribution in [2.24, 2.45) is 5.92 Å². The third-order valence-electron chi connectivity index (χ3n) is 4.68. The summed E-state index contributed by atoms with van der Waals surface area (Å²) in [5.74, 6) is 1.42. The molecule has 136 valence electrons. The van der Waals surface area contributed by atoms with E-state index < -0.39 is 0 Å². The summed E-state index contributed by atoms with van der Waals surface area (Å²) in [5.41, 5.74) is 2.55. The number of amides is 1. The first-order valence-electron chi connectivity index (χ1n) is 8.93. The zero-order valence-corrected chi connectivity index (χ0v) is 15.6. The van der Waals surface area contributed by atoms with Crippen molar-refractivity contribution in [3.8, 4) is 0 Å². The number of imidazole rings is 1. The van der Waals surface area contributed by atoms with Gasteiger partial charge in [0, 0.05) is 17.6 Å². The Morgan fingerprint density at radius 3 is 3.08 bits per heavy atom. The Morgan fingerprint density at radius 1 is 1.42 bits per heavy atom. The summed E-state index contributed by atoms with van der Waals surface area (Å²) in [4.78, 5) is 22.7. The number of carbonyl (C=O) groups excluding carboxylic acids is 1. The van der Waals surface area contributed by atoms with E-state index in [4.69, 9.17) is 16.1 Å². The number of nitrogens with zero attached hydrogens (tertiary/aromatic N) is 3. The minimum Gasteiger partial charge on any atom is -0.351 e. The van der Waals surface area contributed by atoms with Gasteiger partial charge in [0.15, 0.2) is 0 Å². The number of fused-ring (bicyclic) bond motifs is 1. The van der Waals surface area contributed by atoms with Crippen LogP contribution < -0.4 is 0 Å². The number of H-pyrrole nitrogens is 1. The minimum atomic E-state index is -0.131. The van der Waals surface area contributed by atoms with Crippen LogP contribution in [-0.4, -0.2) is 32.5 Å². The lowest BCUT2D eigenvalue weighted by Crippen LogP contribution is -2.30. The molecule has 6 nitrogen and oxygen atoms in total. The van der Waals surface area contributed by atoms with E-state index in [-0.39, 0.29) is 11.9 Å². The number of carbonyl (C=O) groups is 1. The molecule has 0 spiro atoms. The monoisotopic (exact) mass is 372 g/mol. The van der Waals surface area contributed by atoms with Gasteiger partial charge in [0.1, 0.15) is 5.82 Å². The predicted molar refractivity (Wildman–Crippen MR) is 99.2 cm³/mol. The van der Waals surface area contributed by atoms with E-state index in [1.165, 1.54) is 0 Å². The smallest absolute Gasteiger partial charge is 0.293 e. The molecule has 1 amide bonds. The van der Waals surface area contributed by atoms with Gasteiger partial charge in [-0.15, -0.1) is 0 Å². The summed E-state index contributed by atoms with van der Waals surface area (Å²) in [6.45, 7) is 4.91. The summed E-state index contributed by atoms with van der Waals surface area (Å²) >= 11 is 6.05. The molecule has 26 heavy (non-hydrogen) atoms. The molecule has 0 unspecified atom stereocenters. The molecule has 4 rings (SSSR count). The molecule has 0 bridgehead atoms. The summed E-state index contributed by atoms with van der Waals surface area (Å²) in [6, 6.07) is 7.22. The predicted octanol–water partition coefficient (Wildman–Crippen LogP) is 4.38. The van der Waals surface area contributed by atoms with Crippen molar-refractivity contribution in [3.63, 3.8) is 0 Å². The van der Waals surface area contributed by atoms with Gasteiger partial charge in [0.25, 0.3) is 5.91 Å². The van der Waals surface area contributed by atoms with Crippen molar-refractivity contribution >= 4 is 28.5 Å². The zero-order chi connectivity index (χ0) is 18.3. The van der Waals surface area contributed by atoms with Crippen LogP contribution >= 0.6 is 11.6 Å². The molecule has 1 aliphatic heterocycles. The summed E-state index contributed by atoms with van der Waals surface area (Å²) in [5, 5.41) is 4.69. The van der Waals surface area contributed by atoms with Crippen LogP contribution in [-0.2, 0) is 6.42 Å². The molecule has 1 N–H and O–H groups in total. The number of rotatable bonds is 4. The Hall–Kier alpha value is -2.34. The fourth-order valence-electron chi connectivity index (χ4n) is 3.52. The maximum atomic E-state index is 12.9. The van der Waals surface area contributed by atoms with E-state index in [0.29, 0.717) is 23.2 Å². The molecule has 1 aliphatic rings. The van der Waals surface area contributed by atoms with Gasteiger partial charge in [-0.2, -0.15) is 0 Å². The quantitative estimate of drug-likeness (QED) is 0.737. The van der Waals surface area contributed by atoms with Crippen molar-refractivity contribution in [1.82, 2.24) is 20.0 Å². The fraction of sp³-hybridized carbons (Fsp3) is 0.421. The van der Waals surface area contributed by atoms with E-state index >= 15 is 0 Å². The number of nitrogens with one attached hydrogen (secondary N) is 1. The number of halogens is 1. The first kappa shape index (κ1) is 17.1. The first-order valence-corrected chi connectivity index (χ1v) is 9.31. The van der Waals surface area contributed by atoms with E-state index in [0.717, 1.165) is 41.8 Å². The van der Waals surface area contributed by atoms with Gasteiger partial charge in [-0.1, -0.05) is 30.6 Å². The molecule has 3 aromatic rings. The summed E-state index contributed by atoms with van der Waals surface area (Å²) in [7, 11) is 0. The normalized spacial score (nSPS) is 17.5. The molecule has 1 saturated heterocycles. The van der Waals surface area contributed by atoms with Gasteiger partial charge >= 0.3 is 0 Å². The van der Waals surface area contributed by atoms with E-state index in [1.54, 1.807) is 6.07 Å². The Labute approximate surface area is 156 Å². The lowest BCUT2D eigenvalue weighted by molar-refractivity contribution is 0.0688. The van der Waals surface area contributed by atoms with Crippen LogP contribution in [0.2, 0.25) is 5.02 Å². The summed E-state index contributed by atoms with van der Waals surface area (Å²) in [6.07, 6.45) is 2.60. The van der Waals surface area contributed by atoms with Crippen LogP contribution in [0.25, 0.3) is 11.0 Å². The Morgan fingerprint density at radius 2 is 2.27 bits per heavy atom. The second kappa shape index (κ2) is 6.76. The van der Waals surface area contributed by atoms with Crippen LogP contribution in [0.1, 0.15) is 54.8 Å². The summed E-state index contributed by atoms with van der Waals surface area (Å²) < 4.78 is 5.31. The molecule has 2 aromatic heterocycles.